The zero-order chi connectivity index (χ0) is 13.2. The van der Waals surface area contributed by atoms with Crippen LogP contribution in [0.2, 0.25) is 0 Å². The van der Waals surface area contributed by atoms with Crippen LogP contribution in [-0.2, 0) is 16.0 Å². The van der Waals surface area contributed by atoms with Gasteiger partial charge in [0.1, 0.15) is 0 Å². The second-order valence-electron chi connectivity index (χ2n) is 5.50. The molecule has 2 saturated heterocycles. The van der Waals surface area contributed by atoms with Crippen LogP contribution in [0, 0.1) is 0 Å². The number of carbonyl (C=O) groups excluding carboxylic acids is 1. The van der Waals surface area contributed by atoms with E-state index >= 15 is 0 Å². The zero-order valence-electron chi connectivity index (χ0n) is 11.0. The van der Waals surface area contributed by atoms with Crippen molar-refractivity contribution in [3.8, 4) is 0 Å². The van der Waals surface area contributed by atoms with Crippen LogP contribution >= 0.6 is 0 Å². The monoisotopic (exact) mass is 260 g/mol. The van der Waals surface area contributed by atoms with E-state index in [4.69, 9.17) is 10.5 Å². The normalized spacial score (nSPS) is 27.3. The minimum atomic E-state index is -0.445. The SMILES string of the molecule is N[C@@H](Cc1ccccc1)C(=O)N1CC2CCC(C1)O2. The first-order chi connectivity index (χ1) is 9.22. The van der Waals surface area contributed by atoms with Gasteiger partial charge in [-0.2, -0.15) is 0 Å². The molecule has 1 aromatic rings. The van der Waals surface area contributed by atoms with Crippen molar-refractivity contribution < 1.29 is 9.53 Å². The van der Waals surface area contributed by atoms with Crippen molar-refractivity contribution in [2.24, 2.45) is 5.73 Å². The molecule has 3 rings (SSSR count). The molecule has 2 heterocycles. The number of fused-ring (bicyclic) bond motifs is 2. The van der Waals surface area contributed by atoms with Gasteiger partial charge in [-0.25, -0.2) is 0 Å². The van der Waals surface area contributed by atoms with E-state index in [0.29, 0.717) is 19.5 Å². The summed E-state index contributed by atoms with van der Waals surface area (Å²) < 4.78 is 5.74. The van der Waals surface area contributed by atoms with Crippen LogP contribution in [0.15, 0.2) is 30.3 Å². The van der Waals surface area contributed by atoms with E-state index in [1.165, 1.54) is 0 Å². The minimum Gasteiger partial charge on any atom is -0.371 e. The van der Waals surface area contributed by atoms with Gasteiger partial charge in [0.2, 0.25) is 5.91 Å². The van der Waals surface area contributed by atoms with Gasteiger partial charge in [-0.3, -0.25) is 4.79 Å². The highest BCUT2D eigenvalue weighted by atomic mass is 16.5. The standard InChI is InChI=1S/C15H20N2O2/c16-14(8-11-4-2-1-3-5-11)15(18)17-9-12-6-7-13(10-17)19-12/h1-5,12-14H,6-10,16H2/t12?,13?,14-/m0/s1. The first-order valence-corrected chi connectivity index (χ1v) is 6.96. The summed E-state index contributed by atoms with van der Waals surface area (Å²) in [4.78, 5) is 14.3. The molecule has 0 saturated carbocycles. The Morgan fingerprint density at radius 1 is 1.26 bits per heavy atom. The molecule has 2 fully saturated rings. The molecule has 2 aliphatic heterocycles. The number of nitrogens with zero attached hydrogens (tertiary/aromatic N) is 1. The number of rotatable bonds is 3. The average Bonchev–Trinajstić information content (AvgIpc) is 2.77. The topological polar surface area (TPSA) is 55.6 Å². The molecule has 0 aliphatic carbocycles. The molecule has 2 unspecified atom stereocenters. The first-order valence-electron chi connectivity index (χ1n) is 6.96. The van der Waals surface area contributed by atoms with Gasteiger partial charge in [-0.1, -0.05) is 30.3 Å². The fraction of sp³-hybridized carbons (Fsp3) is 0.533. The van der Waals surface area contributed by atoms with Crippen LogP contribution in [0.4, 0.5) is 0 Å². The van der Waals surface area contributed by atoms with E-state index in [1.807, 2.05) is 35.2 Å². The maximum absolute atomic E-state index is 12.4. The van der Waals surface area contributed by atoms with E-state index in [1.54, 1.807) is 0 Å². The van der Waals surface area contributed by atoms with Crippen molar-refractivity contribution in [2.75, 3.05) is 13.1 Å². The molecule has 2 bridgehead atoms. The lowest BCUT2D eigenvalue weighted by Gasteiger charge is -2.33. The third-order valence-corrected chi connectivity index (χ3v) is 3.97. The number of hydrogen-bond donors (Lipinski definition) is 1. The third-order valence-electron chi connectivity index (χ3n) is 3.97. The van der Waals surface area contributed by atoms with Crippen LogP contribution in [0.25, 0.3) is 0 Å². The first kappa shape index (κ1) is 12.6. The number of carbonyl (C=O) groups is 1. The molecule has 19 heavy (non-hydrogen) atoms. The van der Waals surface area contributed by atoms with Gasteiger partial charge in [0.15, 0.2) is 0 Å². The summed E-state index contributed by atoms with van der Waals surface area (Å²) in [5, 5.41) is 0. The van der Waals surface area contributed by atoms with Gasteiger partial charge in [0, 0.05) is 13.1 Å². The molecule has 1 amide bonds. The van der Waals surface area contributed by atoms with Crippen molar-refractivity contribution in [1.82, 2.24) is 4.90 Å². The second-order valence-corrected chi connectivity index (χ2v) is 5.50. The highest BCUT2D eigenvalue weighted by molar-refractivity contribution is 5.82. The molecule has 102 valence electrons. The molecule has 4 nitrogen and oxygen atoms in total. The third kappa shape index (κ3) is 2.80. The molecule has 3 atom stereocenters. The van der Waals surface area contributed by atoms with Crippen LogP contribution in [0.1, 0.15) is 18.4 Å². The summed E-state index contributed by atoms with van der Waals surface area (Å²) in [6, 6.07) is 9.49. The van der Waals surface area contributed by atoms with Crippen molar-refractivity contribution in [3.05, 3.63) is 35.9 Å². The fourth-order valence-corrected chi connectivity index (χ4v) is 2.98. The van der Waals surface area contributed by atoms with Crippen LogP contribution < -0.4 is 5.73 Å². The Kier molecular flexibility index (Phi) is 3.53. The number of likely N-dealkylation sites (tertiary alicyclic amines) is 1. The van der Waals surface area contributed by atoms with E-state index in [-0.39, 0.29) is 18.1 Å². The summed E-state index contributed by atoms with van der Waals surface area (Å²) in [5.74, 6) is 0.0593. The van der Waals surface area contributed by atoms with Crippen molar-refractivity contribution in [3.63, 3.8) is 0 Å². The summed E-state index contributed by atoms with van der Waals surface area (Å²) in [6.45, 7) is 1.41. The maximum atomic E-state index is 12.4. The predicted molar refractivity (Wildman–Crippen MR) is 72.6 cm³/mol. The Bertz CT molecular complexity index is 437. The molecule has 0 radical (unpaired) electrons. The summed E-state index contributed by atoms with van der Waals surface area (Å²) in [5.41, 5.74) is 7.17. The lowest BCUT2D eigenvalue weighted by atomic mass is 10.1. The number of ether oxygens (including phenoxy) is 1. The number of nitrogens with two attached hydrogens (primary N) is 1. The molecular weight excluding hydrogens is 240 g/mol. The summed E-state index contributed by atoms with van der Waals surface area (Å²) in [7, 11) is 0. The smallest absolute Gasteiger partial charge is 0.240 e. The number of hydrogen-bond acceptors (Lipinski definition) is 3. The van der Waals surface area contributed by atoms with Crippen LogP contribution in [0.5, 0.6) is 0 Å². The lowest BCUT2D eigenvalue weighted by Crippen LogP contribution is -2.52. The quantitative estimate of drug-likeness (QED) is 0.880. The molecule has 0 spiro atoms. The van der Waals surface area contributed by atoms with Crippen LogP contribution in [0.3, 0.4) is 0 Å². The van der Waals surface area contributed by atoms with Gasteiger partial charge in [-0.15, -0.1) is 0 Å². The van der Waals surface area contributed by atoms with Gasteiger partial charge in [-0.05, 0) is 24.8 Å². The predicted octanol–water partition coefficient (Wildman–Crippen LogP) is 0.946. The Hall–Kier alpha value is -1.39. The van der Waals surface area contributed by atoms with E-state index in [0.717, 1.165) is 18.4 Å². The van der Waals surface area contributed by atoms with Crippen molar-refractivity contribution >= 4 is 5.91 Å². The van der Waals surface area contributed by atoms with Gasteiger partial charge < -0.3 is 15.4 Å². The minimum absolute atomic E-state index is 0.0593. The number of benzene rings is 1. The second kappa shape index (κ2) is 5.31. The fourth-order valence-electron chi connectivity index (χ4n) is 2.98. The largest absolute Gasteiger partial charge is 0.371 e. The van der Waals surface area contributed by atoms with E-state index in [9.17, 15) is 4.79 Å². The molecule has 2 N–H and O–H groups in total. The maximum Gasteiger partial charge on any atom is 0.240 e. The molecule has 2 aliphatic rings. The average molecular weight is 260 g/mol. The number of amides is 1. The molecule has 1 aromatic carbocycles. The Labute approximate surface area is 113 Å². The van der Waals surface area contributed by atoms with Crippen molar-refractivity contribution in [2.45, 2.75) is 37.5 Å². The Morgan fingerprint density at radius 3 is 2.53 bits per heavy atom. The zero-order valence-corrected chi connectivity index (χ0v) is 11.0. The highest BCUT2D eigenvalue weighted by Crippen LogP contribution is 2.26. The Morgan fingerprint density at radius 2 is 1.89 bits per heavy atom. The van der Waals surface area contributed by atoms with Gasteiger partial charge in [0.05, 0.1) is 18.2 Å². The highest BCUT2D eigenvalue weighted by Gasteiger charge is 2.36. The lowest BCUT2D eigenvalue weighted by molar-refractivity contribution is -0.141. The van der Waals surface area contributed by atoms with E-state index in [2.05, 4.69) is 0 Å². The van der Waals surface area contributed by atoms with Crippen LogP contribution in [-0.4, -0.2) is 42.1 Å². The Balaban J connectivity index is 1.60. The van der Waals surface area contributed by atoms with Gasteiger partial charge >= 0.3 is 0 Å². The van der Waals surface area contributed by atoms with Gasteiger partial charge in [0.25, 0.3) is 0 Å². The summed E-state index contributed by atoms with van der Waals surface area (Å²) in [6.07, 6.45) is 3.20. The molecule has 0 aromatic heterocycles. The molecule has 4 heteroatoms. The summed E-state index contributed by atoms with van der Waals surface area (Å²) >= 11 is 0. The molecular formula is C15H20N2O2. The number of morpholine rings is 1. The van der Waals surface area contributed by atoms with Crippen molar-refractivity contribution in [1.29, 1.82) is 0 Å². The van der Waals surface area contributed by atoms with E-state index < -0.39 is 6.04 Å².